The molecule has 1 aromatic rings. The lowest BCUT2D eigenvalue weighted by Crippen LogP contribution is -2.56. The predicted octanol–water partition coefficient (Wildman–Crippen LogP) is 2.66. The maximum Gasteiger partial charge on any atom is 0.0677 e. The van der Waals surface area contributed by atoms with Gasteiger partial charge in [0.05, 0.1) is 19.3 Å². The van der Waals surface area contributed by atoms with Gasteiger partial charge in [-0.3, -0.25) is 9.88 Å². The van der Waals surface area contributed by atoms with Crippen LogP contribution in [-0.4, -0.2) is 48.9 Å². The summed E-state index contributed by atoms with van der Waals surface area (Å²) in [4.78, 5) is 6.75. The van der Waals surface area contributed by atoms with Gasteiger partial charge < -0.3 is 9.47 Å². The second-order valence-electron chi connectivity index (χ2n) is 6.49. The van der Waals surface area contributed by atoms with E-state index in [1.54, 1.807) is 0 Å². The fraction of sp³-hybridized carbons (Fsp3) is 0.611. The lowest BCUT2D eigenvalue weighted by Gasteiger charge is -2.50. The van der Waals surface area contributed by atoms with Crippen molar-refractivity contribution in [2.75, 3.05) is 32.9 Å². The van der Waals surface area contributed by atoms with Crippen molar-refractivity contribution >= 4 is 0 Å². The Morgan fingerprint density at radius 3 is 3.32 bits per heavy atom. The van der Waals surface area contributed by atoms with E-state index in [0.29, 0.717) is 12.7 Å². The first-order valence-electron chi connectivity index (χ1n) is 8.24. The summed E-state index contributed by atoms with van der Waals surface area (Å²) in [6, 6.07) is 4.16. The van der Waals surface area contributed by atoms with Crippen molar-refractivity contribution in [1.29, 1.82) is 0 Å². The van der Waals surface area contributed by atoms with E-state index in [4.69, 9.17) is 9.47 Å². The van der Waals surface area contributed by atoms with E-state index in [0.717, 1.165) is 45.7 Å². The van der Waals surface area contributed by atoms with E-state index in [9.17, 15) is 0 Å². The Balaban J connectivity index is 1.67. The van der Waals surface area contributed by atoms with Gasteiger partial charge in [0.2, 0.25) is 0 Å². The van der Waals surface area contributed by atoms with Crippen LogP contribution in [0.2, 0.25) is 0 Å². The monoisotopic (exact) mass is 302 g/mol. The summed E-state index contributed by atoms with van der Waals surface area (Å²) in [6.45, 7) is 9.13. The Labute approximate surface area is 133 Å². The summed E-state index contributed by atoms with van der Waals surface area (Å²) in [6.07, 6.45) is 9.38. The van der Waals surface area contributed by atoms with E-state index in [-0.39, 0.29) is 5.41 Å². The van der Waals surface area contributed by atoms with Gasteiger partial charge in [0.1, 0.15) is 0 Å². The van der Waals surface area contributed by atoms with Crippen molar-refractivity contribution in [3.8, 4) is 0 Å². The van der Waals surface area contributed by atoms with Crippen molar-refractivity contribution < 1.29 is 9.47 Å². The molecule has 2 aliphatic rings. The molecule has 1 aromatic heterocycles. The standard InChI is InChI=1S/C18H26N2O2/c1-2-10-21-15-18-7-4-11-22-17(18)6-9-20(14-18)13-16-5-3-8-19-12-16/h2-3,5,8,12,17H,1,4,6-7,9-11,13-15H2/t17-,18+/m0/s1. The summed E-state index contributed by atoms with van der Waals surface area (Å²) >= 11 is 0. The molecule has 0 amide bonds. The van der Waals surface area contributed by atoms with Crippen LogP contribution in [0.25, 0.3) is 0 Å². The number of hydrogen-bond donors (Lipinski definition) is 0. The fourth-order valence-electron chi connectivity index (χ4n) is 3.82. The molecular weight excluding hydrogens is 276 g/mol. The Kier molecular flexibility index (Phi) is 5.24. The second-order valence-corrected chi connectivity index (χ2v) is 6.49. The molecule has 3 heterocycles. The van der Waals surface area contributed by atoms with Gasteiger partial charge in [-0.1, -0.05) is 12.1 Å². The van der Waals surface area contributed by atoms with Gasteiger partial charge in [-0.15, -0.1) is 6.58 Å². The molecule has 0 bridgehead atoms. The second kappa shape index (κ2) is 7.36. The van der Waals surface area contributed by atoms with Crippen LogP contribution in [0.4, 0.5) is 0 Å². The van der Waals surface area contributed by atoms with Crippen LogP contribution >= 0.6 is 0 Å². The molecule has 22 heavy (non-hydrogen) atoms. The lowest BCUT2D eigenvalue weighted by atomic mass is 9.73. The Morgan fingerprint density at radius 1 is 1.55 bits per heavy atom. The van der Waals surface area contributed by atoms with Crippen molar-refractivity contribution in [2.24, 2.45) is 5.41 Å². The average molecular weight is 302 g/mol. The lowest BCUT2D eigenvalue weighted by molar-refractivity contribution is -0.152. The average Bonchev–Trinajstić information content (AvgIpc) is 2.56. The van der Waals surface area contributed by atoms with Crippen LogP contribution < -0.4 is 0 Å². The number of pyridine rings is 1. The minimum absolute atomic E-state index is 0.141. The van der Waals surface area contributed by atoms with Crippen LogP contribution in [0, 0.1) is 5.41 Å². The van der Waals surface area contributed by atoms with E-state index >= 15 is 0 Å². The van der Waals surface area contributed by atoms with E-state index in [1.165, 1.54) is 12.0 Å². The zero-order valence-corrected chi connectivity index (χ0v) is 13.2. The Bertz CT molecular complexity index is 479. The van der Waals surface area contributed by atoms with Crippen molar-refractivity contribution in [1.82, 2.24) is 9.88 Å². The zero-order valence-electron chi connectivity index (χ0n) is 13.2. The predicted molar refractivity (Wildman–Crippen MR) is 86.6 cm³/mol. The maximum atomic E-state index is 6.07. The van der Waals surface area contributed by atoms with Gasteiger partial charge in [-0.25, -0.2) is 0 Å². The van der Waals surface area contributed by atoms with Gasteiger partial charge in [0.15, 0.2) is 0 Å². The Morgan fingerprint density at radius 2 is 2.50 bits per heavy atom. The number of likely N-dealkylation sites (tertiary alicyclic amines) is 1. The van der Waals surface area contributed by atoms with Crippen LogP contribution in [0.3, 0.4) is 0 Å². The van der Waals surface area contributed by atoms with Gasteiger partial charge >= 0.3 is 0 Å². The maximum absolute atomic E-state index is 6.07. The largest absolute Gasteiger partial charge is 0.377 e. The van der Waals surface area contributed by atoms with Gasteiger partial charge in [-0.05, 0) is 30.9 Å². The third-order valence-corrected chi connectivity index (χ3v) is 4.82. The zero-order chi connectivity index (χ0) is 15.3. The summed E-state index contributed by atoms with van der Waals surface area (Å²) in [5.74, 6) is 0. The highest BCUT2D eigenvalue weighted by atomic mass is 16.5. The molecule has 0 unspecified atom stereocenters. The normalized spacial score (nSPS) is 29.0. The molecule has 0 N–H and O–H groups in total. The van der Waals surface area contributed by atoms with Crippen molar-refractivity contribution in [3.05, 3.63) is 42.7 Å². The minimum atomic E-state index is 0.141. The summed E-state index contributed by atoms with van der Waals surface area (Å²) < 4.78 is 11.9. The molecule has 4 nitrogen and oxygen atoms in total. The molecule has 120 valence electrons. The Hall–Kier alpha value is -1.23. The molecule has 0 saturated carbocycles. The highest BCUT2D eigenvalue weighted by Crippen LogP contribution is 2.40. The molecule has 0 aromatic carbocycles. The number of rotatable bonds is 6. The number of fused-ring (bicyclic) bond motifs is 1. The highest BCUT2D eigenvalue weighted by molar-refractivity contribution is 5.09. The molecule has 3 rings (SSSR count). The molecule has 0 radical (unpaired) electrons. The van der Waals surface area contributed by atoms with Gasteiger partial charge in [0.25, 0.3) is 0 Å². The van der Waals surface area contributed by atoms with Crippen LogP contribution in [0.5, 0.6) is 0 Å². The quantitative estimate of drug-likeness (QED) is 0.598. The highest BCUT2D eigenvalue weighted by Gasteiger charge is 2.46. The number of ether oxygens (including phenoxy) is 2. The van der Waals surface area contributed by atoms with Gasteiger partial charge in [0, 0.05) is 44.0 Å². The van der Waals surface area contributed by atoms with Crippen LogP contribution in [0.1, 0.15) is 24.8 Å². The molecular formula is C18H26N2O2. The van der Waals surface area contributed by atoms with Gasteiger partial charge in [-0.2, -0.15) is 0 Å². The summed E-state index contributed by atoms with van der Waals surface area (Å²) in [7, 11) is 0. The van der Waals surface area contributed by atoms with E-state index < -0.39 is 0 Å². The number of hydrogen-bond acceptors (Lipinski definition) is 4. The molecule has 2 aliphatic heterocycles. The smallest absolute Gasteiger partial charge is 0.0677 e. The molecule has 4 heteroatoms. The van der Waals surface area contributed by atoms with Crippen molar-refractivity contribution in [3.63, 3.8) is 0 Å². The first-order chi connectivity index (χ1) is 10.8. The molecule has 2 fully saturated rings. The van der Waals surface area contributed by atoms with Crippen LogP contribution in [-0.2, 0) is 16.0 Å². The summed E-state index contributed by atoms with van der Waals surface area (Å²) in [5, 5.41) is 0. The van der Waals surface area contributed by atoms with E-state index in [2.05, 4.69) is 22.5 Å². The molecule has 0 spiro atoms. The fourth-order valence-corrected chi connectivity index (χ4v) is 3.82. The minimum Gasteiger partial charge on any atom is -0.377 e. The number of piperidine rings is 1. The molecule has 0 aliphatic carbocycles. The third-order valence-electron chi connectivity index (χ3n) is 4.82. The SMILES string of the molecule is C=CCOC[C@]12CCCO[C@H]1CCN(Cc1cccnc1)C2. The number of aromatic nitrogens is 1. The third kappa shape index (κ3) is 3.57. The van der Waals surface area contributed by atoms with Crippen LogP contribution in [0.15, 0.2) is 37.2 Å². The molecule has 2 atom stereocenters. The first kappa shape index (κ1) is 15.7. The van der Waals surface area contributed by atoms with E-state index in [1.807, 2.05) is 24.5 Å². The van der Waals surface area contributed by atoms with Crippen molar-refractivity contribution in [2.45, 2.75) is 31.9 Å². The topological polar surface area (TPSA) is 34.6 Å². The molecule has 2 saturated heterocycles. The summed E-state index contributed by atoms with van der Waals surface area (Å²) in [5.41, 5.74) is 1.42. The first-order valence-corrected chi connectivity index (χ1v) is 8.24. The number of nitrogens with zero attached hydrogens (tertiary/aromatic N) is 2.